The lowest BCUT2D eigenvalue weighted by Crippen LogP contribution is -2.21. The van der Waals surface area contributed by atoms with Crippen molar-refractivity contribution in [3.63, 3.8) is 0 Å². The quantitative estimate of drug-likeness (QED) is 0.806. The first-order chi connectivity index (χ1) is 10.0. The van der Waals surface area contributed by atoms with E-state index in [-0.39, 0.29) is 17.0 Å². The van der Waals surface area contributed by atoms with Gasteiger partial charge in [0.25, 0.3) is 5.91 Å². The highest BCUT2D eigenvalue weighted by molar-refractivity contribution is 6.03. The third kappa shape index (κ3) is 3.58. The van der Waals surface area contributed by atoms with Crippen LogP contribution in [0.1, 0.15) is 34.6 Å². The van der Waals surface area contributed by atoms with E-state index >= 15 is 0 Å². The van der Waals surface area contributed by atoms with Crippen LogP contribution in [-0.2, 0) is 0 Å². The molecule has 0 radical (unpaired) electrons. The fourth-order valence-corrected chi connectivity index (χ4v) is 1.97. The SMILES string of the molecule is CNC(C)c1ccc(NC(=O)c2c[nH]c(C)cc2=O)cc1. The number of aryl methyl sites for hydroxylation is 1. The van der Waals surface area contributed by atoms with Gasteiger partial charge in [0.1, 0.15) is 5.56 Å². The van der Waals surface area contributed by atoms with Crippen LogP contribution in [0.3, 0.4) is 0 Å². The Hall–Kier alpha value is -2.40. The fraction of sp³-hybridized carbons (Fsp3) is 0.250. The van der Waals surface area contributed by atoms with Crippen molar-refractivity contribution in [2.24, 2.45) is 0 Å². The van der Waals surface area contributed by atoms with E-state index in [0.29, 0.717) is 5.69 Å². The van der Waals surface area contributed by atoms with E-state index in [1.807, 2.05) is 31.3 Å². The predicted molar refractivity (Wildman–Crippen MR) is 83.7 cm³/mol. The van der Waals surface area contributed by atoms with Crippen LogP contribution in [0.15, 0.2) is 41.3 Å². The number of hydrogen-bond donors (Lipinski definition) is 3. The van der Waals surface area contributed by atoms with E-state index in [9.17, 15) is 9.59 Å². The number of amides is 1. The third-order valence-electron chi connectivity index (χ3n) is 3.40. The second-order valence-corrected chi connectivity index (χ2v) is 4.98. The molecule has 1 aromatic carbocycles. The van der Waals surface area contributed by atoms with Crippen molar-refractivity contribution in [3.8, 4) is 0 Å². The molecule has 3 N–H and O–H groups in total. The average molecular weight is 285 g/mol. The highest BCUT2D eigenvalue weighted by atomic mass is 16.2. The molecule has 0 spiro atoms. The van der Waals surface area contributed by atoms with Gasteiger partial charge in [-0.05, 0) is 38.6 Å². The number of nitrogens with one attached hydrogen (secondary N) is 3. The van der Waals surface area contributed by atoms with Gasteiger partial charge in [0.15, 0.2) is 5.43 Å². The molecule has 2 aromatic rings. The van der Waals surface area contributed by atoms with E-state index < -0.39 is 5.91 Å². The van der Waals surface area contributed by atoms with Crippen LogP contribution >= 0.6 is 0 Å². The Labute approximate surface area is 123 Å². The number of hydrogen-bond acceptors (Lipinski definition) is 3. The summed E-state index contributed by atoms with van der Waals surface area (Å²) < 4.78 is 0. The van der Waals surface area contributed by atoms with Gasteiger partial charge < -0.3 is 15.6 Å². The molecule has 1 heterocycles. The summed E-state index contributed by atoms with van der Waals surface area (Å²) in [5.41, 5.74) is 2.33. The molecule has 1 atom stereocenters. The first-order valence-corrected chi connectivity index (χ1v) is 6.79. The lowest BCUT2D eigenvalue weighted by molar-refractivity contribution is 0.102. The van der Waals surface area contributed by atoms with Crippen molar-refractivity contribution in [2.75, 3.05) is 12.4 Å². The Morgan fingerprint density at radius 1 is 1.24 bits per heavy atom. The van der Waals surface area contributed by atoms with E-state index in [2.05, 4.69) is 22.5 Å². The van der Waals surface area contributed by atoms with Crippen molar-refractivity contribution >= 4 is 11.6 Å². The van der Waals surface area contributed by atoms with Gasteiger partial charge in [-0.1, -0.05) is 12.1 Å². The molecule has 0 aliphatic carbocycles. The Bertz CT molecular complexity index is 689. The first kappa shape index (κ1) is 15.0. The minimum absolute atomic E-state index is 0.105. The molecular weight excluding hydrogens is 266 g/mol. The summed E-state index contributed by atoms with van der Waals surface area (Å²) in [7, 11) is 1.89. The van der Waals surface area contributed by atoms with E-state index in [1.54, 1.807) is 6.92 Å². The number of pyridine rings is 1. The maximum atomic E-state index is 12.1. The normalized spacial score (nSPS) is 12.0. The highest BCUT2D eigenvalue weighted by Gasteiger charge is 2.11. The molecule has 5 heteroatoms. The maximum absolute atomic E-state index is 12.1. The molecule has 21 heavy (non-hydrogen) atoms. The number of rotatable bonds is 4. The second-order valence-electron chi connectivity index (χ2n) is 4.98. The van der Waals surface area contributed by atoms with Crippen LogP contribution in [-0.4, -0.2) is 17.9 Å². The minimum Gasteiger partial charge on any atom is -0.364 e. The molecule has 0 bridgehead atoms. The Kier molecular flexibility index (Phi) is 4.55. The predicted octanol–water partition coefficient (Wildman–Crippen LogP) is 2.22. The van der Waals surface area contributed by atoms with Gasteiger partial charge in [0, 0.05) is 29.7 Å². The average Bonchev–Trinajstić information content (AvgIpc) is 2.47. The van der Waals surface area contributed by atoms with Crippen LogP contribution in [0.5, 0.6) is 0 Å². The van der Waals surface area contributed by atoms with Crippen molar-refractivity contribution in [1.82, 2.24) is 10.3 Å². The minimum atomic E-state index is -0.411. The van der Waals surface area contributed by atoms with Gasteiger partial charge in [-0.25, -0.2) is 0 Å². The van der Waals surface area contributed by atoms with Crippen LogP contribution in [0.25, 0.3) is 0 Å². The molecule has 1 aromatic heterocycles. The van der Waals surface area contributed by atoms with Crippen molar-refractivity contribution in [1.29, 1.82) is 0 Å². The number of H-pyrrole nitrogens is 1. The molecule has 1 unspecified atom stereocenters. The molecule has 0 fully saturated rings. The Morgan fingerprint density at radius 3 is 2.48 bits per heavy atom. The van der Waals surface area contributed by atoms with Crippen LogP contribution in [0.2, 0.25) is 0 Å². The maximum Gasteiger partial charge on any atom is 0.261 e. The fourth-order valence-electron chi connectivity index (χ4n) is 1.97. The van der Waals surface area contributed by atoms with Crippen LogP contribution < -0.4 is 16.1 Å². The largest absolute Gasteiger partial charge is 0.364 e. The molecule has 110 valence electrons. The van der Waals surface area contributed by atoms with Gasteiger partial charge in [-0.2, -0.15) is 0 Å². The zero-order valence-corrected chi connectivity index (χ0v) is 12.4. The highest BCUT2D eigenvalue weighted by Crippen LogP contribution is 2.15. The lowest BCUT2D eigenvalue weighted by atomic mass is 10.1. The molecule has 0 aliphatic heterocycles. The monoisotopic (exact) mass is 285 g/mol. The Balaban J connectivity index is 2.14. The van der Waals surface area contributed by atoms with Crippen molar-refractivity contribution in [3.05, 3.63) is 63.6 Å². The number of anilines is 1. The number of benzene rings is 1. The van der Waals surface area contributed by atoms with Crippen molar-refractivity contribution < 1.29 is 4.79 Å². The summed E-state index contributed by atoms with van der Waals surface area (Å²) in [5.74, 6) is -0.411. The summed E-state index contributed by atoms with van der Waals surface area (Å²) in [6.45, 7) is 3.82. The molecule has 5 nitrogen and oxygen atoms in total. The van der Waals surface area contributed by atoms with Crippen LogP contribution in [0, 0.1) is 6.92 Å². The summed E-state index contributed by atoms with van der Waals surface area (Å²) >= 11 is 0. The van der Waals surface area contributed by atoms with E-state index in [4.69, 9.17) is 0 Å². The molecule has 0 saturated carbocycles. The summed E-state index contributed by atoms with van der Waals surface area (Å²) in [6, 6.07) is 9.18. The second kappa shape index (κ2) is 6.37. The topological polar surface area (TPSA) is 74.0 Å². The standard InChI is InChI=1S/C16H19N3O2/c1-10-8-15(20)14(9-18-10)16(21)19-13-6-4-12(5-7-13)11(2)17-3/h4-9,11,17H,1-3H3,(H,18,20)(H,19,21). The zero-order chi connectivity index (χ0) is 15.4. The number of aromatic nitrogens is 1. The van der Waals surface area contributed by atoms with Gasteiger partial charge >= 0.3 is 0 Å². The first-order valence-electron chi connectivity index (χ1n) is 6.79. The number of carbonyl (C=O) groups excluding carboxylic acids is 1. The number of aromatic amines is 1. The van der Waals surface area contributed by atoms with Gasteiger partial charge in [-0.15, -0.1) is 0 Å². The lowest BCUT2D eigenvalue weighted by Gasteiger charge is -2.11. The molecule has 0 aliphatic rings. The van der Waals surface area contributed by atoms with Crippen molar-refractivity contribution in [2.45, 2.75) is 19.9 Å². The molecular formula is C16H19N3O2. The summed E-state index contributed by atoms with van der Waals surface area (Å²) in [6.07, 6.45) is 1.43. The molecule has 0 saturated heterocycles. The summed E-state index contributed by atoms with van der Waals surface area (Å²) in [5, 5.41) is 5.87. The van der Waals surface area contributed by atoms with E-state index in [1.165, 1.54) is 12.3 Å². The van der Waals surface area contributed by atoms with Crippen LogP contribution in [0.4, 0.5) is 5.69 Å². The smallest absolute Gasteiger partial charge is 0.261 e. The summed E-state index contributed by atoms with van der Waals surface area (Å²) in [4.78, 5) is 26.7. The molecule has 2 rings (SSSR count). The zero-order valence-electron chi connectivity index (χ0n) is 12.4. The Morgan fingerprint density at radius 2 is 1.90 bits per heavy atom. The van der Waals surface area contributed by atoms with E-state index in [0.717, 1.165) is 11.3 Å². The number of carbonyl (C=O) groups is 1. The van der Waals surface area contributed by atoms with Gasteiger partial charge in [0.05, 0.1) is 0 Å². The van der Waals surface area contributed by atoms with Gasteiger partial charge in [0.2, 0.25) is 0 Å². The van der Waals surface area contributed by atoms with Gasteiger partial charge in [-0.3, -0.25) is 9.59 Å². The third-order valence-corrected chi connectivity index (χ3v) is 3.40. The molecule has 1 amide bonds.